The number of ether oxygens (including phenoxy) is 1. The topological polar surface area (TPSA) is 115 Å². The molecule has 0 amide bonds. The molecule has 0 radical (unpaired) electrons. The third-order valence-electron chi connectivity index (χ3n) is 3.02. The Kier molecular flexibility index (Phi) is 4.32. The second kappa shape index (κ2) is 6.73. The van der Waals surface area contributed by atoms with Gasteiger partial charge in [0, 0.05) is 6.07 Å². The minimum atomic E-state index is -0.460. The number of anilines is 4. The Balaban J connectivity index is 1.81. The van der Waals surface area contributed by atoms with E-state index in [0.717, 1.165) is 0 Å². The quantitative estimate of drug-likeness (QED) is 0.682. The summed E-state index contributed by atoms with van der Waals surface area (Å²) in [5.41, 5.74) is 0.884. The zero-order valence-electron chi connectivity index (χ0n) is 13.0. The molecule has 0 aliphatic carbocycles. The molecule has 9 heteroatoms. The zero-order chi connectivity index (χ0) is 16.9. The summed E-state index contributed by atoms with van der Waals surface area (Å²) in [6, 6.07) is 8.60. The standard InChI is InChI=1S/C15H14N6O3/c1-9-7-12(21-24-9)18-13-8-16-20-15(19-13)17-11-6-4-3-5-10(11)14(22)23-2/h3-8H,1-2H3,(H2,17,18,19,20,21). The molecule has 9 nitrogen and oxygen atoms in total. The SMILES string of the molecule is COC(=O)c1ccccc1Nc1nncc(Nc2cc(C)on2)n1. The molecule has 0 spiro atoms. The largest absolute Gasteiger partial charge is 0.465 e. The summed E-state index contributed by atoms with van der Waals surface area (Å²) in [4.78, 5) is 16.1. The Labute approximate surface area is 137 Å². The average Bonchev–Trinajstić information content (AvgIpc) is 3.00. The molecule has 24 heavy (non-hydrogen) atoms. The maximum atomic E-state index is 11.8. The van der Waals surface area contributed by atoms with Crippen LogP contribution in [0.25, 0.3) is 0 Å². The molecule has 2 N–H and O–H groups in total. The van der Waals surface area contributed by atoms with Crippen LogP contribution < -0.4 is 10.6 Å². The molecule has 3 aromatic rings. The van der Waals surface area contributed by atoms with Crippen molar-refractivity contribution in [1.29, 1.82) is 0 Å². The number of methoxy groups -OCH3 is 1. The summed E-state index contributed by atoms with van der Waals surface area (Å²) in [6.45, 7) is 1.78. The molecular formula is C15H14N6O3. The van der Waals surface area contributed by atoms with E-state index in [0.29, 0.717) is 28.6 Å². The van der Waals surface area contributed by atoms with Crippen LogP contribution in [-0.4, -0.2) is 33.4 Å². The smallest absolute Gasteiger partial charge is 0.339 e. The van der Waals surface area contributed by atoms with Gasteiger partial charge in [-0.05, 0) is 19.1 Å². The van der Waals surface area contributed by atoms with Crippen molar-refractivity contribution < 1.29 is 14.1 Å². The minimum Gasteiger partial charge on any atom is -0.465 e. The number of aryl methyl sites for hydroxylation is 1. The van der Waals surface area contributed by atoms with E-state index in [1.54, 1.807) is 37.3 Å². The average molecular weight is 326 g/mol. The van der Waals surface area contributed by atoms with E-state index in [1.807, 2.05) is 0 Å². The van der Waals surface area contributed by atoms with E-state index in [1.165, 1.54) is 13.3 Å². The molecular weight excluding hydrogens is 312 g/mol. The van der Waals surface area contributed by atoms with Crippen molar-refractivity contribution in [2.24, 2.45) is 0 Å². The van der Waals surface area contributed by atoms with Gasteiger partial charge < -0.3 is 19.9 Å². The number of esters is 1. The van der Waals surface area contributed by atoms with Gasteiger partial charge in [-0.15, -0.1) is 5.10 Å². The number of nitrogens with zero attached hydrogens (tertiary/aromatic N) is 4. The molecule has 0 saturated heterocycles. The third kappa shape index (κ3) is 3.46. The molecule has 0 atom stereocenters. The highest BCUT2D eigenvalue weighted by atomic mass is 16.5. The Hall–Kier alpha value is -3.49. The van der Waals surface area contributed by atoms with Crippen LogP contribution >= 0.6 is 0 Å². The lowest BCUT2D eigenvalue weighted by molar-refractivity contribution is 0.0602. The normalized spacial score (nSPS) is 10.2. The number of rotatable bonds is 5. The lowest BCUT2D eigenvalue weighted by Gasteiger charge is -2.09. The molecule has 0 fully saturated rings. The fourth-order valence-corrected chi connectivity index (χ4v) is 1.97. The number of para-hydroxylation sites is 1. The van der Waals surface area contributed by atoms with Gasteiger partial charge >= 0.3 is 5.97 Å². The van der Waals surface area contributed by atoms with Crippen molar-refractivity contribution in [3.05, 3.63) is 47.9 Å². The number of carbonyl (C=O) groups is 1. The number of benzene rings is 1. The molecule has 0 bridgehead atoms. The molecule has 0 aliphatic heterocycles. The zero-order valence-corrected chi connectivity index (χ0v) is 13.0. The molecule has 0 unspecified atom stereocenters. The molecule has 2 aromatic heterocycles. The van der Waals surface area contributed by atoms with E-state index in [4.69, 9.17) is 9.26 Å². The minimum absolute atomic E-state index is 0.219. The van der Waals surface area contributed by atoms with Gasteiger partial charge in [0.05, 0.1) is 24.6 Å². The van der Waals surface area contributed by atoms with Crippen molar-refractivity contribution in [3.8, 4) is 0 Å². The fourth-order valence-electron chi connectivity index (χ4n) is 1.97. The van der Waals surface area contributed by atoms with Crippen molar-refractivity contribution in [2.75, 3.05) is 17.7 Å². The highest BCUT2D eigenvalue weighted by Crippen LogP contribution is 2.20. The number of hydrogen-bond donors (Lipinski definition) is 2. The van der Waals surface area contributed by atoms with Crippen molar-refractivity contribution in [1.82, 2.24) is 20.3 Å². The maximum Gasteiger partial charge on any atom is 0.339 e. The molecule has 1 aromatic carbocycles. The van der Waals surface area contributed by atoms with E-state index in [-0.39, 0.29) is 5.95 Å². The number of aromatic nitrogens is 4. The monoisotopic (exact) mass is 326 g/mol. The highest BCUT2D eigenvalue weighted by Gasteiger charge is 2.12. The van der Waals surface area contributed by atoms with Crippen LogP contribution in [0.5, 0.6) is 0 Å². The van der Waals surface area contributed by atoms with E-state index in [9.17, 15) is 4.79 Å². The van der Waals surface area contributed by atoms with Crippen LogP contribution in [0.1, 0.15) is 16.1 Å². The Bertz CT molecular complexity index is 864. The molecule has 3 rings (SSSR count). The number of nitrogens with one attached hydrogen (secondary N) is 2. The predicted octanol–water partition coefficient (Wildman–Crippen LogP) is 2.44. The van der Waals surface area contributed by atoms with Crippen LogP contribution in [0.3, 0.4) is 0 Å². The van der Waals surface area contributed by atoms with Crippen LogP contribution in [-0.2, 0) is 4.74 Å². The molecule has 0 aliphatic rings. The van der Waals surface area contributed by atoms with Gasteiger partial charge in [-0.3, -0.25) is 0 Å². The summed E-state index contributed by atoms with van der Waals surface area (Å²) < 4.78 is 9.73. The lowest BCUT2D eigenvalue weighted by atomic mass is 10.2. The summed E-state index contributed by atoms with van der Waals surface area (Å²) in [6.07, 6.45) is 1.45. The Morgan fingerprint density at radius 3 is 2.79 bits per heavy atom. The molecule has 0 saturated carbocycles. The number of hydrogen-bond acceptors (Lipinski definition) is 9. The molecule has 2 heterocycles. The first kappa shape index (κ1) is 15.4. The summed E-state index contributed by atoms with van der Waals surface area (Å²) >= 11 is 0. The van der Waals surface area contributed by atoms with Crippen molar-refractivity contribution in [3.63, 3.8) is 0 Å². The Morgan fingerprint density at radius 2 is 2.04 bits per heavy atom. The van der Waals surface area contributed by atoms with Crippen molar-refractivity contribution in [2.45, 2.75) is 6.92 Å². The van der Waals surface area contributed by atoms with E-state index in [2.05, 4.69) is 31.0 Å². The first-order chi connectivity index (χ1) is 11.7. The van der Waals surface area contributed by atoms with E-state index >= 15 is 0 Å². The van der Waals surface area contributed by atoms with Gasteiger partial charge in [0.2, 0.25) is 5.95 Å². The first-order valence-electron chi connectivity index (χ1n) is 7.00. The first-order valence-corrected chi connectivity index (χ1v) is 7.00. The highest BCUT2D eigenvalue weighted by molar-refractivity contribution is 5.96. The second-order valence-electron chi connectivity index (χ2n) is 4.78. The van der Waals surface area contributed by atoms with Crippen LogP contribution in [0, 0.1) is 6.92 Å². The van der Waals surface area contributed by atoms with Crippen LogP contribution in [0.4, 0.5) is 23.3 Å². The van der Waals surface area contributed by atoms with Gasteiger partial charge in [0.25, 0.3) is 0 Å². The van der Waals surface area contributed by atoms with Gasteiger partial charge in [-0.1, -0.05) is 17.3 Å². The van der Waals surface area contributed by atoms with Crippen molar-refractivity contribution >= 4 is 29.2 Å². The van der Waals surface area contributed by atoms with Crippen LogP contribution in [0.2, 0.25) is 0 Å². The van der Waals surface area contributed by atoms with Gasteiger partial charge in [0.15, 0.2) is 11.6 Å². The van der Waals surface area contributed by atoms with Gasteiger partial charge in [-0.25, -0.2) is 4.79 Å². The molecule has 122 valence electrons. The predicted molar refractivity (Wildman–Crippen MR) is 85.4 cm³/mol. The summed E-state index contributed by atoms with van der Waals surface area (Å²) in [5.74, 6) is 1.37. The summed E-state index contributed by atoms with van der Waals surface area (Å²) in [5, 5.41) is 17.5. The third-order valence-corrected chi connectivity index (χ3v) is 3.02. The van der Waals surface area contributed by atoms with E-state index < -0.39 is 5.97 Å². The van der Waals surface area contributed by atoms with Gasteiger partial charge in [-0.2, -0.15) is 10.1 Å². The lowest BCUT2D eigenvalue weighted by Crippen LogP contribution is -2.08. The van der Waals surface area contributed by atoms with Gasteiger partial charge in [0.1, 0.15) is 5.76 Å². The van der Waals surface area contributed by atoms with Crippen LogP contribution in [0.15, 0.2) is 41.1 Å². The Morgan fingerprint density at radius 1 is 1.21 bits per heavy atom. The second-order valence-corrected chi connectivity index (χ2v) is 4.78. The fraction of sp³-hybridized carbons (Fsp3) is 0.133. The maximum absolute atomic E-state index is 11.8. The number of carbonyl (C=O) groups excluding carboxylic acids is 1. The summed E-state index contributed by atoms with van der Waals surface area (Å²) in [7, 11) is 1.32.